The van der Waals surface area contributed by atoms with Crippen LogP contribution in [0, 0.1) is 0 Å². The van der Waals surface area contributed by atoms with E-state index in [0.717, 1.165) is 0 Å². The Labute approximate surface area is 60.5 Å². The SMILES string of the molecule is CC(N)C1(F)CCOCC1. The number of hydrogen-bond acceptors (Lipinski definition) is 2. The molecule has 0 saturated carbocycles. The van der Waals surface area contributed by atoms with Crippen molar-refractivity contribution < 1.29 is 9.13 Å². The van der Waals surface area contributed by atoms with Gasteiger partial charge >= 0.3 is 0 Å². The minimum absolute atomic E-state index is 0.364. The van der Waals surface area contributed by atoms with Crippen LogP contribution in [0.4, 0.5) is 4.39 Å². The van der Waals surface area contributed by atoms with Gasteiger partial charge in [0, 0.05) is 32.1 Å². The molecular weight excluding hydrogens is 133 g/mol. The van der Waals surface area contributed by atoms with Gasteiger partial charge in [0.25, 0.3) is 0 Å². The summed E-state index contributed by atoms with van der Waals surface area (Å²) in [6.45, 7) is 2.74. The van der Waals surface area contributed by atoms with Gasteiger partial charge in [-0.15, -0.1) is 0 Å². The molecule has 0 bridgehead atoms. The van der Waals surface area contributed by atoms with Crippen LogP contribution in [0.1, 0.15) is 19.8 Å². The Hall–Kier alpha value is -0.150. The average molecular weight is 147 g/mol. The molecule has 3 heteroatoms. The third-order valence-electron chi connectivity index (χ3n) is 2.14. The van der Waals surface area contributed by atoms with Crippen molar-refractivity contribution in [1.29, 1.82) is 0 Å². The molecule has 60 valence electrons. The summed E-state index contributed by atoms with van der Waals surface area (Å²) in [4.78, 5) is 0. The quantitative estimate of drug-likeness (QED) is 0.596. The Bertz CT molecular complexity index is 110. The van der Waals surface area contributed by atoms with Gasteiger partial charge in [0.2, 0.25) is 0 Å². The molecule has 0 aromatic heterocycles. The van der Waals surface area contributed by atoms with E-state index in [4.69, 9.17) is 10.5 Å². The van der Waals surface area contributed by atoms with E-state index in [9.17, 15) is 4.39 Å². The molecule has 1 aliphatic rings. The number of rotatable bonds is 1. The van der Waals surface area contributed by atoms with E-state index >= 15 is 0 Å². The summed E-state index contributed by atoms with van der Waals surface area (Å²) in [5.41, 5.74) is 4.30. The molecule has 1 heterocycles. The molecule has 2 nitrogen and oxygen atoms in total. The van der Waals surface area contributed by atoms with E-state index in [-0.39, 0.29) is 6.04 Å². The summed E-state index contributed by atoms with van der Waals surface area (Å²) >= 11 is 0. The summed E-state index contributed by atoms with van der Waals surface area (Å²) in [5.74, 6) is 0. The van der Waals surface area contributed by atoms with Crippen LogP contribution in [-0.2, 0) is 4.74 Å². The molecule has 10 heavy (non-hydrogen) atoms. The first-order valence-electron chi connectivity index (χ1n) is 3.67. The zero-order chi connectivity index (χ0) is 7.61. The third kappa shape index (κ3) is 1.47. The van der Waals surface area contributed by atoms with Crippen LogP contribution in [0.2, 0.25) is 0 Å². The van der Waals surface area contributed by atoms with Gasteiger partial charge in [0.15, 0.2) is 0 Å². The second-order valence-electron chi connectivity index (χ2n) is 2.94. The van der Waals surface area contributed by atoms with Gasteiger partial charge in [-0.05, 0) is 6.92 Å². The van der Waals surface area contributed by atoms with Gasteiger partial charge in [0.05, 0.1) is 0 Å². The highest BCUT2D eigenvalue weighted by atomic mass is 19.1. The van der Waals surface area contributed by atoms with Crippen molar-refractivity contribution in [2.45, 2.75) is 31.5 Å². The smallest absolute Gasteiger partial charge is 0.130 e. The lowest BCUT2D eigenvalue weighted by Crippen LogP contribution is -2.46. The highest BCUT2D eigenvalue weighted by Crippen LogP contribution is 2.27. The number of alkyl halides is 1. The lowest BCUT2D eigenvalue weighted by molar-refractivity contribution is -0.0195. The second kappa shape index (κ2) is 2.84. The van der Waals surface area contributed by atoms with Crippen molar-refractivity contribution in [3.63, 3.8) is 0 Å². The van der Waals surface area contributed by atoms with Crippen molar-refractivity contribution in [2.24, 2.45) is 5.73 Å². The molecule has 0 aromatic carbocycles. The maximum absolute atomic E-state index is 13.5. The van der Waals surface area contributed by atoms with Gasteiger partial charge < -0.3 is 10.5 Å². The van der Waals surface area contributed by atoms with Crippen molar-refractivity contribution in [3.8, 4) is 0 Å². The minimum atomic E-state index is -1.17. The molecule has 1 saturated heterocycles. The van der Waals surface area contributed by atoms with Crippen LogP contribution in [0.15, 0.2) is 0 Å². The number of ether oxygens (including phenoxy) is 1. The van der Waals surface area contributed by atoms with E-state index in [1.165, 1.54) is 0 Å². The maximum Gasteiger partial charge on any atom is 0.130 e. The predicted molar refractivity (Wildman–Crippen MR) is 37.5 cm³/mol. The molecule has 0 radical (unpaired) electrons. The van der Waals surface area contributed by atoms with Gasteiger partial charge in [-0.25, -0.2) is 4.39 Å². The molecular formula is C7H14FNO. The van der Waals surface area contributed by atoms with Gasteiger partial charge in [-0.1, -0.05) is 0 Å². The Morgan fingerprint density at radius 2 is 2.00 bits per heavy atom. The Morgan fingerprint density at radius 1 is 1.50 bits per heavy atom. The van der Waals surface area contributed by atoms with Gasteiger partial charge in [-0.2, -0.15) is 0 Å². The first-order chi connectivity index (χ1) is 4.65. The fourth-order valence-corrected chi connectivity index (χ4v) is 1.17. The fraction of sp³-hybridized carbons (Fsp3) is 1.00. The zero-order valence-corrected chi connectivity index (χ0v) is 6.27. The van der Waals surface area contributed by atoms with Crippen LogP contribution in [0.25, 0.3) is 0 Å². The monoisotopic (exact) mass is 147 g/mol. The van der Waals surface area contributed by atoms with E-state index < -0.39 is 5.67 Å². The number of nitrogens with two attached hydrogens (primary N) is 1. The summed E-state index contributed by atoms with van der Waals surface area (Å²) in [6, 6.07) is -0.364. The molecule has 0 aliphatic carbocycles. The molecule has 0 spiro atoms. The third-order valence-corrected chi connectivity index (χ3v) is 2.14. The van der Waals surface area contributed by atoms with Crippen molar-refractivity contribution >= 4 is 0 Å². The Kier molecular flexibility index (Phi) is 2.26. The molecule has 1 aliphatic heterocycles. The molecule has 1 fully saturated rings. The summed E-state index contributed by atoms with van der Waals surface area (Å²) in [6.07, 6.45) is 0.898. The highest BCUT2D eigenvalue weighted by molar-refractivity contribution is 4.88. The number of hydrogen-bond donors (Lipinski definition) is 1. The van der Waals surface area contributed by atoms with E-state index in [2.05, 4.69) is 0 Å². The van der Waals surface area contributed by atoms with Crippen LogP contribution in [-0.4, -0.2) is 24.9 Å². The highest BCUT2D eigenvalue weighted by Gasteiger charge is 2.35. The van der Waals surface area contributed by atoms with E-state index in [0.29, 0.717) is 26.1 Å². The topological polar surface area (TPSA) is 35.2 Å². The normalized spacial score (nSPS) is 27.9. The molecule has 0 amide bonds. The lowest BCUT2D eigenvalue weighted by atomic mass is 9.90. The Morgan fingerprint density at radius 3 is 2.30 bits per heavy atom. The van der Waals surface area contributed by atoms with Crippen LogP contribution >= 0.6 is 0 Å². The molecule has 1 unspecified atom stereocenters. The van der Waals surface area contributed by atoms with Crippen molar-refractivity contribution in [3.05, 3.63) is 0 Å². The molecule has 2 N–H and O–H groups in total. The molecule has 1 atom stereocenters. The standard InChI is InChI=1S/C7H14FNO/c1-6(9)7(8)2-4-10-5-3-7/h6H,2-5,9H2,1H3. The zero-order valence-electron chi connectivity index (χ0n) is 6.27. The van der Waals surface area contributed by atoms with Crippen LogP contribution in [0.5, 0.6) is 0 Å². The average Bonchev–Trinajstić information content (AvgIpc) is 1.89. The largest absolute Gasteiger partial charge is 0.381 e. The Balaban J connectivity index is 2.48. The van der Waals surface area contributed by atoms with E-state index in [1.807, 2.05) is 0 Å². The first-order valence-corrected chi connectivity index (χ1v) is 3.67. The maximum atomic E-state index is 13.5. The first kappa shape index (κ1) is 7.95. The lowest BCUT2D eigenvalue weighted by Gasteiger charge is -2.32. The predicted octanol–water partition coefficient (Wildman–Crippen LogP) is 0.852. The van der Waals surface area contributed by atoms with Crippen molar-refractivity contribution in [1.82, 2.24) is 0 Å². The second-order valence-corrected chi connectivity index (χ2v) is 2.94. The summed E-state index contributed by atoms with van der Waals surface area (Å²) < 4.78 is 18.5. The minimum Gasteiger partial charge on any atom is -0.381 e. The fourth-order valence-electron chi connectivity index (χ4n) is 1.17. The van der Waals surface area contributed by atoms with Crippen LogP contribution in [0.3, 0.4) is 0 Å². The summed E-state index contributed by atoms with van der Waals surface area (Å²) in [5, 5.41) is 0. The molecule has 0 aromatic rings. The van der Waals surface area contributed by atoms with Crippen LogP contribution < -0.4 is 5.73 Å². The number of halogens is 1. The summed E-state index contributed by atoms with van der Waals surface area (Å²) in [7, 11) is 0. The van der Waals surface area contributed by atoms with Gasteiger partial charge in [-0.3, -0.25) is 0 Å². The van der Waals surface area contributed by atoms with Crippen molar-refractivity contribution in [2.75, 3.05) is 13.2 Å². The molecule has 1 rings (SSSR count). The van der Waals surface area contributed by atoms with E-state index in [1.54, 1.807) is 6.92 Å². The van der Waals surface area contributed by atoms with Gasteiger partial charge in [0.1, 0.15) is 5.67 Å².